The van der Waals surface area contributed by atoms with Crippen molar-refractivity contribution in [2.75, 3.05) is 18.9 Å². The summed E-state index contributed by atoms with van der Waals surface area (Å²) in [4.78, 5) is 15.2. The van der Waals surface area contributed by atoms with Crippen LogP contribution in [0.3, 0.4) is 0 Å². The molecule has 0 saturated carbocycles. The second-order valence-electron chi connectivity index (χ2n) is 4.64. The van der Waals surface area contributed by atoms with Gasteiger partial charge in [0, 0.05) is 19.3 Å². The second kappa shape index (κ2) is 7.78. The minimum Gasteiger partial charge on any atom is -0.478 e. The number of aliphatic imine (C=N–C) groups is 1. The van der Waals surface area contributed by atoms with Crippen molar-refractivity contribution in [3.05, 3.63) is 77.9 Å². The Morgan fingerprint density at radius 3 is 2.55 bits per heavy atom. The van der Waals surface area contributed by atoms with E-state index < -0.39 is 5.97 Å². The van der Waals surface area contributed by atoms with Crippen LogP contribution in [0.1, 0.15) is 15.9 Å². The van der Waals surface area contributed by atoms with Gasteiger partial charge in [-0.1, -0.05) is 42.5 Å². The minimum absolute atomic E-state index is 0.272. The molecule has 0 aliphatic rings. The van der Waals surface area contributed by atoms with E-state index in [0.29, 0.717) is 6.54 Å². The Labute approximate surface area is 129 Å². The van der Waals surface area contributed by atoms with Crippen molar-refractivity contribution in [2.45, 2.75) is 0 Å². The zero-order valence-electron chi connectivity index (χ0n) is 12.4. The standard InChI is InChI=1S/C18H18N2O2/c1-19-17(14-7-3-2-4-8-14)11-6-12-20-16-10-5-9-15(13-16)18(21)22/h2-11,13,20H,12H2,1H3,(H,21,22)/b11-6-,19-17+. The molecule has 2 N–H and O–H groups in total. The highest BCUT2D eigenvalue weighted by molar-refractivity contribution is 6.08. The Morgan fingerprint density at radius 1 is 1.14 bits per heavy atom. The summed E-state index contributed by atoms with van der Waals surface area (Å²) in [5.41, 5.74) is 3.02. The number of carbonyl (C=O) groups is 1. The quantitative estimate of drug-likeness (QED) is 0.802. The van der Waals surface area contributed by atoms with Gasteiger partial charge in [0.05, 0.1) is 11.3 Å². The van der Waals surface area contributed by atoms with E-state index >= 15 is 0 Å². The molecule has 0 aliphatic heterocycles. The fraction of sp³-hybridized carbons (Fsp3) is 0.111. The van der Waals surface area contributed by atoms with E-state index in [0.717, 1.165) is 17.0 Å². The number of rotatable bonds is 6. The van der Waals surface area contributed by atoms with Crippen LogP contribution in [0.25, 0.3) is 0 Å². The lowest BCUT2D eigenvalue weighted by molar-refractivity contribution is 0.0697. The molecular formula is C18H18N2O2. The van der Waals surface area contributed by atoms with E-state index in [4.69, 9.17) is 5.11 Å². The summed E-state index contributed by atoms with van der Waals surface area (Å²) in [6, 6.07) is 16.7. The van der Waals surface area contributed by atoms with Gasteiger partial charge in [-0.15, -0.1) is 0 Å². The Morgan fingerprint density at radius 2 is 1.86 bits per heavy atom. The number of carboxylic acid groups (broad SMARTS) is 1. The number of carboxylic acids is 1. The number of aromatic carboxylic acids is 1. The average Bonchev–Trinajstić information content (AvgIpc) is 2.56. The maximum atomic E-state index is 10.9. The third-order valence-electron chi connectivity index (χ3n) is 3.12. The highest BCUT2D eigenvalue weighted by atomic mass is 16.4. The Balaban J connectivity index is 1.95. The van der Waals surface area contributed by atoms with E-state index in [9.17, 15) is 4.79 Å². The monoisotopic (exact) mass is 294 g/mol. The van der Waals surface area contributed by atoms with Crippen LogP contribution >= 0.6 is 0 Å². The van der Waals surface area contributed by atoms with E-state index in [1.165, 1.54) is 0 Å². The first-order valence-electron chi connectivity index (χ1n) is 6.96. The SMILES string of the molecule is C/N=C(\C=C/CNc1cccc(C(=O)O)c1)c1ccccc1. The predicted molar refractivity (Wildman–Crippen MR) is 89.9 cm³/mol. The largest absolute Gasteiger partial charge is 0.478 e. The molecule has 0 heterocycles. The van der Waals surface area contributed by atoms with Crippen LogP contribution in [0.15, 0.2) is 71.7 Å². The second-order valence-corrected chi connectivity index (χ2v) is 4.64. The highest BCUT2D eigenvalue weighted by Gasteiger charge is 2.02. The highest BCUT2D eigenvalue weighted by Crippen LogP contribution is 2.10. The van der Waals surface area contributed by atoms with Crippen molar-refractivity contribution < 1.29 is 9.90 Å². The van der Waals surface area contributed by atoms with E-state index in [-0.39, 0.29) is 5.56 Å². The van der Waals surface area contributed by atoms with E-state index in [1.54, 1.807) is 25.2 Å². The Hall–Kier alpha value is -2.88. The van der Waals surface area contributed by atoms with Crippen LogP contribution < -0.4 is 5.32 Å². The van der Waals surface area contributed by atoms with Crippen molar-refractivity contribution >= 4 is 17.4 Å². The molecule has 0 amide bonds. The number of benzene rings is 2. The molecule has 0 spiro atoms. The third-order valence-corrected chi connectivity index (χ3v) is 3.12. The number of hydrogen-bond acceptors (Lipinski definition) is 3. The van der Waals surface area contributed by atoms with Gasteiger partial charge in [-0.2, -0.15) is 0 Å². The molecule has 2 aromatic carbocycles. The van der Waals surface area contributed by atoms with Gasteiger partial charge in [0.2, 0.25) is 0 Å². The molecular weight excluding hydrogens is 276 g/mol. The summed E-state index contributed by atoms with van der Waals surface area (Å²) in [5, 5.41) is 12.1. The molecule has 4 heteroatoms. The average molecular weight is 294 g/mol. The molecule has 0 saturated heterocycles. The zero-order chi connectivity index (χ0) is 15.8. The van der Waals surface area contributed by atoms with Crippen LogP contribution in [0.2, 0.25) is 0 Å². The molecule has 0 aliphatic carbocycles. The number of nitrogens with zero attached hydrogens (tertiary/aromatic N) is 1. The van der Waals surface area contributed by atoms with Crippen molar-refractivity contribution in [3.8, 4) is 0 Å². The molecule has 0 atom stereocenters. The molecule has 0 bridgehead atoms. The van der Waals surface area contributed by atoms with Crippen LogP contribution in [0.5, 0.6) is 0 Å². The smallest absolute Gasteiger partial charge is 0.335 e. The lowest BCUT2D eigenvalue weighted by Gasteiger charge is -2.04. The van der Waals surface area contributed by atoms with Crippen molar-refractivity contribution in [2.24, 2.45) is 4.99 Å². The maximum absolute atomic E-state index is 10.9. The number of hydrogen-bond donors (Lipinski definition) is 2. The fourth-order valence-corrected chi connectivity index (χ4v) is 2.02. The molecule has 112 valence electrons. The van der Waals surface area contributed by atoms with Gasteiger partial charge in [0.1, 0.15) is 0 Å². The van der Waals surface area contributed by atoms with Crippen molar-refractivity contribution in [1.82, 2.24) is 0 Å². The third kappa shape index (κ3) is 4.31. The van der Waals surface area contributed by atoms with Crippen LogP contribution in [-0.4, -0.2) is 30.4 Å². The van der Waals surface area contributed by atoms with Crippen LogP contribution in [0, 0.1) is 0 Å². The summed E-state index contributed by atoms with van der Waals surface area (Å²) in [5.74, 6) is -0.927. The van der Waals surface area contributed by atoms with E-state index in [2.05, 4.69) is 10.3 Å². The van der Waals surface area contributed by atoms with Gasteiger partial charge in [-0.25, -0.2) is 4.79 Å². The molecule has 4 nitrogen and oxygen atoms in total. The first-order valence-corrected chi connectivity index (χ1v) is 6.96. The van der Waals surface area contributed by atoms with Gasteiger partial charge in [-0.3, -0.25) is 4.99 Å². The van der Waals surface area contributed by atoms with E-state index in [1.807, 2.05) is 48.6 Å². The molecule has 22 heavy (non-hydrogen) atoms. The normalized spacial score (nSPS) is 11.6. The summed E-state index contributed by atoms with van der Waals surface area (Å²) in [6.07, 6.45) is 3.91. The van der Waals surface area contributed by atoms with Crippen molar-refractivity contribution in [1.29, 1.82) is 0 Å². The molecule has 0 aromatic heterocycles. The molecule has 0 fully saturated rings. The summed E-state index contributed by atoms with van der Waals surface area (Å²) < 4.78 is 0. The number of allylic oxidation sites excluding steroid dienone is 1. The first kappa shape index (κ1) is 15.5. The number of nitrogens with one attached hydrogen (secondary N) is 1. The van der Waals surface area contributed by atoms with Gasteiger partial charge in [0.25, 0.3) is 0 Å². The summed E-state index contributed by atoms with van der Waals surface area (Å²) >= 11 is 0. The lowest BCUT2D eigenvalue weighted by Crippen LogP contribution is -2.02. The lowest BCUT2D eigenvalue weighted by atomic mass is 10.1. The predicted octanol–water partition coefficient (Wildman–Crippen LogP) is 3.47. The van der Waals surface area contributed by atoms with Gasteiger partial charge < -0.3 is 10.4 Å². The van der Waals surface area contributed by atoms with Gasteiger partial charge in [-0.05, 0) is 29.8 Å². The first-order chi connectivity index (χ1) is 10.7. The molecule has 0 radical (unpaired) electrons. The van der Waals surface area contributed by atoms with Gasteiger partial charge >= 0.3 is 5.97 Å². The summed E-state index contributed by atoms with van der Waals surface area (Å²) in [6.45, 7) is 0.592. The fourth-order valence-electron chi connectivity index (χ4n) is 2.02. The minimum atomic E-state index is -0.927. The molecule has 2 rings (SSSR count). The zero-order valence-corrected chi connectivity index (χ0v) is 12.4. The summed E-state index contributed by atoms with van der Waals surface area (Å²) in [7, 11) is 1.76. The van der Waals surface area contributed by atoms with Crippen LogP contribution in [-0.2, 0) is 0 Å². The maximum Gasteiger partial charge on any atom is 0.335 e. The Bertz CT molecular complexity index is 691. The van der Waals surface area contributed by atoms with Crippen LogP contribution in [0.4, 0.5) is 5.69 Å². The van der Waals surface area contributed by atoms with Gasteiger partial charge in [0.15, 0.2) is 0 Å². The van der Waals surface area contributed by atoms with Crippen molar-refractivity contribution in [3.63, 3.8) is 0 Å². The molecule has 2 aromatic rings. The number of anilines is 1. The Kier molecular flexibility index (Phi) is 5.49. The topological polar surface area (TPSA) is 61.7 Å². The molecule has 0 unspecified atom stereocenters.